The first kappa shape index (κ1) is 24.4. The van der Waals surface area contributed by atoms with Crippen molar-refractivity contribution in [3.05, 3.63) is 29.3 Å². The fraction of sp³-hybridized carbons (Fsp3) is 0.667. The van der Waals surface area contributed by atoms with Gasteiger partial charge in [0.1, 0.15) is 12.4 Å². The summed E-state index contributed by atoms with van der Waals surface area (Å²) < 4.78 is 36.7. The van der Waals surface area contributed by atoms with Gasteiger partial charge in [0.2, 0.25) is 10.0 Å². The lowest BCUT2D eigenvalue weighted by Gasteiger charge is -2.23. The van der Waals surface area contributed by atoms with Crippen LogP contribution in [0.5, 0.6) is 5.75 Å². The molecule has 0 saturated carbocycles. The summed E-state index contributed by atoms with van der Waals surface area (Å²) in [7, 11) is -3.18. The molecular formula is C21H36N4O4S. The van der Waals surface area contributed by atoms with Crippen LogP contribution in [0.4, 0.5) is 0 Å². The van der Waals surface area contributed by atoms with Crippen LogP contribution in [-0.4, -0.2) is 70.4 Å². The summed E-state index contributed by atoms with van der Waals surface area (Å²) >= 11 is 0. The van der Waals surface area contributed by atoms with Crippen molar-refractivity contribution in [2.75, 3.05) is 45.7 Å². The average Bonchev–Trinajstić information content (AvgIpc) is 3.18. The van der Waals surface area contributed by atoms with Gasteiger partial charge in [0.25, 0.3) is 0 Å². The van der Waals surface area contributed by atoms with Crippen LogP contribution in [0.15, 0.2) is 23.2 Å². The van der Waals surface area contributed by atoms with E-state index in [2.05, 4.69) is 15.6 Å². The lowest BCUT2D eigenvalue weighted by Crippen LogP contribution is -2.46. The van der Waals surface area contributed by atoms with E-state index in [1.54, 1.807) is 4.31 Å². The van der Waals surface area contributed by atoms with Crippen molar-refractivity contribution in [3.63, 3.8) is 0 Å². The zero-order valence-corrected chi connectivity index (χ0v) is 19.4. The highest BCUT2D eigenvalue weighted by molar-refractivity contribution is 7.88. The molecule has 9 heteroatoms. The third kappa shape index (κ3) is 7.77. The highest BCUT2D eigenvalue weighted by atomic mass is 32.2. The summed E-state index contributed by atoms with van der Waals surface area (Å²) in [6.45, 7) is 10.0. The van der Waals surface area contributed by atoms with Crippen molar-refractivity contribution in [1.82, 2.24) is 14.9 Å². The zero-order valence-electron chi connectivity index (χ0n) is 18.6. The molecule has 170 valence electrons. The Labute approximate surface area is 181 Å². The lowest BCUT2D eigenvalue weighted by molar-refractivity contribution is 0.110. The standard InChI is InChI=1S/C21H36N4O4S/c1-5-22-21(24-16-19-8-7-11-25(19)30(4,26)27)23-15-18-10-9-17(3)14-20(18)29-13-12-28-6-2/h9-10,14,19H,5-8,11-13,15-16H2,1-4H3,(H2,22,23,24)/t19-/m1/s1. The highest BCUT2D eigenvalue weighted by Gasteiger charge is 2.31. The summed E-state index contributed by atoms with van der Waals surface area (Å²) in [6, 6.07) is 6.05. The number of benzene rings is 1. The Balaban J connectivity index is 2.02. The van der Waals surface area contributed by atoms with Crippen molar-refractivity contribution in [3.8, 4) is 5.75 Å². The molecule has 1 fully saturated rings. The fourth-order valence-electron chi connectivity index (χ4n) is 3.45. The molecule has 1 heterocycles. The van der Waals surface area contributed by atoms with Crippen LogP contribution in [0.1, 0.15) is 37.8 Å². The minimum absolute atomic E-state index is 0.0410. The normalized spacial score (nSPS) is 17.9. The second-order valence-electron chi connectivity index (χ2n) is 7.40. The molecule has 30 heavy (non-hydrogen) atoms. The van der Waals surface area contributed by atoms with E-state index in [-0.39, 0.29) is 6.04 Å². The third-order valence-corrected chi connectivity index (χ3v) is 6.25. The van der Waals surface area contributed by atoms with Crippen molar-refractivity contribution in [2.24, 2.45) is 4.99 Å². The highest BCUT2D eigenvalue weighted by Crippen LogP contribution is 2.22. The Morgan fingerprint density at radius 3 is 2.77 bits per heavy atom. The van der Waals surface area contributed by atoms with Crippen molar-refractivity contribution in [2.45, 2.75) is 46.2 Å². The van der Waals surface area contributed by atoms with Gasteiger partial charge in [0.15, 0.2) is 5.96 Å². The van der Waals surface area contributed by atoms with Crippen molar-refractivity contribution in [1.29, 1.82) is 0 Å². The maximum absolute atomic E-state index is 11.9. The van der Waals surface area contributed by atoms with Gasteiger partial charge >= 0.3 is 0 Å². The minimum atomic E-state index is -3.18. The summed E-state index contributed by atoms with van der Waals surface area (Å²) in [6.07, 6.45) is 3.02. The maximum atomic E-state index is 11.9. The Bertz CT molecular complexity index is 798. The number of guanidine groups is 1. The Morgan fingerprint density at radius 1 is 1.27 bits per heavy atom. The van der Waals surface area contributed by atoms with Gasteiger partial charge in [-0.25, -0.2) is 13.4 Å². The predicted octanol–water partition coefficient (Wildman–Crippen LogP) is 1.89. The SMILES string of the molecule is CCNC(=NCc1ccc(C)cc1OCCOCC)NC[C@H]1CCCN1S(C)(=O)=O. The zero-order chi connectivity index (χ0) is 22.0. The van der Waals surface area contributed by atoms with Gasteiger partial charge in [-0.1, -0.05) is 12.1 Å². The van der Waals surface area contributed by atoms with Crippen LogP contribution < -0.4 is 15.4 Å². The molecule has 1 aliphatic rings. The van der Waals surface area contributed by atoms with Crippen molar-refractivity contribution >= 4 is 16.0 Å². The first-order valence-electron chi connectivity index (χ1n) is 10.6. The molecule has 0 amide bonds. The molecule has 2 rings (SSSR count). The summed E-state index contributed by atoms with van der Waals surface area (Å²) in [5, 5.41) is 6.53. The molecule has 1 saturated heterocycles. The molecular weight excluding hydrogens is 404 g/mol. The van der Waals surface area contributed by atoms with Gasteiger partial charge in [0, 0.05) is 37.8 Å². The second kappa shape index (κ2) is 12.1. The summed E-state index contributed by atoms with van der Waals surface area (Å²) in [4.78, 5) is 4.68. The summed E-state index contributed by atoms with van der Waals surface area (Å²) in [5.74, 6) is 1.48. The quantitative estimate of drug-likeness (QED) is 0.310. The number of aryl methyl sites for hydroxylation is 1. The maximum Gasteiger partial charge on any atom is 0.211 e. The van der Waals surface area contributed by atoms with E-state index in [1.165, 1.54) is 6.26 Å². The Hall–Kier alpha value is -1.84. The molecule has 0 spiro atoms. The topological polar surface area (TPSA) is 92.3 Å². The molecule has 1 atom stereocenters. The largest absolute Gasteiger partial charge is 0.491 e. The van der Waals surface area contributed by atoms with Crippen molar-refractivity contribution < 1.29 is 17.9 Å². The van der Waals surface area contributed by atoms with Gasteiger partial charge in [0.05, 0.1) is 19.4 Å². The number of hydrogen-bond acceptors (Lipinski definition) is 5. The van der Waals surface area contributed by atoms with E-state index < -0.39 is 10.0 Å². The van der Waals surface area contributed by atoms with E-state index in [1.807, 2.05) is 39.0 Å². The van der Waals surface area contributed by atoms with Gasteiger partial charge in [-0.15, -0.1) is 0 Å². The summed E-state index contributed by atoms with van der Waals surface area (Å²) in [5.41, 5.74) is 2.12. The van der Waals surface area contributed by atoms with E-state index in [9.17, 15) is 8.42 Å². The van der Waals surface area contributed by atoms with Crippen LogP contribution in [0, 0.1) is 6.92 Å². The molecule has 0 aromatic heterocycles. The molecule has 0 radical (unpaired) electrons. The number of ether oxygens (including phenoxy) is 2. The van der Waals surface area contributed by atoms with Crippen LogP contribution in [0.25, 0.3) is 0 Å². The average molecular weight is 441 g/mol. The number of sulfonamides is 1. The van der Waals surface area contributed by atoms with Crippen LogP contribution in [0.3, 0.4) is 0 Å². The molecule has 0 bridgehead atoms. The first-order chi connectivity index (χ1) is 14.3. The van der Waals surface area contributed by atoms with Gasteiger partial charge < -0.3 is 20.1 Å². The minimum Gasteiger partial charge on any atom is -0.491 e. The number of aliphatic imine (C=N–C) groups is 1. The molecule has 8 nitrogen and oxygen atoms in total. The van der Waals surface area contributed by atoms with E-state index >= 15 is 0 Å². The molecule has 2 N–H and O–H groups in total. The van der Waals surface area contributed by atoms with E-state index in [4.69, 9.17) is 9.47 Å². The van der Waals surface area contributed by atoms with Crippen LogP contribution in [0.2, 0.25) is 0 Å². The Kier molecular flexibility index (Phi) is 9.87. The molecule has 1 aliphatic heterocycles. The Morgan fingerprint density at radius 2 is 2.07 bits per heavy atom. The molecule has 0 aliphatic carbocycles. The third-order valence-electron chi connectivity index (χ3n) is 4.92. The number of nitrogens with one attached hydrogen (secondary N) is 2. The molecule has 1 aromatic rings. The predicted molar refractivity (Wildman–Crippen MR) is 121 cm³/mol. The van der Waals surface area contributed by atoms with Gasteiger partial charge in [-0.05, 0) is 45.2 Å². The number of nitrogens with zero attached hydrogens (tertiary/aromatic N) is 2. The number of rotatable bonds is 11. The molecule has 1 aromatic carbocycles. The molecule has 0 unspecified atom stereocenters. The van der Waals surface area contributed by atoms with Crippen LogP contribution in [-0.2, 0) is 21.3 Å². The number of hydrogen-bond donors (Lipinski definition) is 2. The van der Waals surface area contributed by atoms with E-state index in [0.717, 1.165) is 36.3 Å². The van der Waals surface area contributed by atoms with Gasteiger partial charge in [-0.2, -0.15) is 4.31 Å². The van der Waals surface area contributed by atoms with E-state index in [0.29, 0.717) is 45.4 Å². The second-order valence-corrected chi connectivity index (χ2v) is 9.34. The monoisotopic (exact) mass is 440 g/mol. The lowest BCUT2D eigenvalue weighted by atomic mass is 10.1. The van der Waals surface area contributed by atoms with Gasteiger partial charge in [-0.3, -0.25) is 0 Å². The fourth-order valence-corrected chi connectivity index (χ4v) is 4.63. The first-order valence-corrected chi connectivity index (χ1v) is 12.5. The smallest absolute Gasteiger partial charge is 0.211 e. The van der Waals surface area contributed by atoms with Crippen LogP contribution >= 0.6 is 0 Å².